The molecule has 1 N–H and O–H groups in total. The quantitative estimate of drug-likeness (QED) is 0.759. The van der Waals surface area contributed by atoms with Crippen LogP contribution in [0.2, 0.25) is 0 Å². The molecule has 4 heteroatoms. The maximum atomic E-state index is 11.2. The zero-order valence-electron chi connectivity index (χ0n) is 9.89. The van der Waals surface area contributed by atoms with Crippen LogP contribution in [0.4, 0.5) is 0 Å². The molecule has 0 unspecified atom stereocenters. The largest absolute Gasteiger partial charge is 0.349 e. The molecule has 88 valence electrons. The van der Waals surface area contributed by atoms with E-state index in [0.717, 1.165) is 13.0 Å². The van der Waals surface area contributed by atoms with Gasteiger partial charge in [-0.15, -0.1) is 0 Å². The van der Waals surface area contributed by atoms with E-state index in [1.54, 1.807) is 0 Å². The fourth-order valence-electron chi connectivity index (χ4n) is 2.54. The van der Waals surface area contributed by atoms with Gasteiger partial charge >= 0.3 is 0 Å². The lowest BCUT2D eigenvalue weighted by Crippen LogP contribution is -2.30. The number of aryl methyl sites for hydroxylation is 1. The highest BCUT2D eigenvalue weighted by atomic mass is 16.1. The molecule has 0 spiro atoms. The lowest BCUT2D eigenvalue weighted by molar-refractivity contribution is -0.645. The summed E-state index contributed by atoms with van der Waals surface area (Å²) in [5, 5.41) is 3.01. The minimum Gasteiger partial charge on any atom is -0.349 e. The van der Waals surface area contributed by atoms with Gasteiger partial charge in [0.1, 0.15) is 6.54 Å². The minimum atomic E-state index is 0.177. The molecule has 2 aromatic rings. The van der Waals surface area contributed by atoms with Crippen molar-refractivity contribution in [3.05, 3.63) is 30.6 Å². The van der Waals surface area contributed by atoms with Crippen molar-refractivity contribution >= 4 is 16.9 Å². The van der Waals surface area contributed by atoms with Crippen LogP contribution >= 0.6 is 0 Å². The van der Waals surface area contributed by atoms with Crippen LogP contribution in [-0.2, 0) is 18.4 Å². The topological polar surface area (TPSA) is 37.9 Å². The Hall–Kier alpha value is -1.84. The summed E-state index contributed by atoms with van der Waals surface area (Å²) >= 11 is 0. The van der Waals surface area contributed by atoms with Crippen LogP contribution in [0.15, 0.2) is 30.6 Å². The van der Waals surface area contributed by atoms with Crippen molar-refractivity contribution in [2.75, 3.05) is 0 Å². The Morgan fingerprint density at radius 1 is 1.47 bits per heavy atom. The van der Waals surface area contributed by atoms with E-state index in [2.05, 4.69) is 32.9 Å². The Morgan fingerprint density at radius 2 is 2.29 bits per heavy atom. The molecule has 0 radical (unpaired) electrons. The van der Waals surface area contributed by atoms with Crippen molar-refractivity contribution in [2.24, 2.45) is 7.05 Å². The number of amides is 1. The summed E-state index contributed by atoms with van der Waals surface area (Å²) < 4.78 is 4.33. The Labute approximate surface area is 99.9 Å². The van der Waals surface area contributed by atoms with Gasteiger partial charge in [-0.2, -0.15) is 0 Å². The highest BCUT2D eigenvalue weighted by molar-refractivity contribution is 5.78. The van der Waals surface area contributed by atoms with Crippen LogP contribution in [0, 0.1) is 0 Å². The van der Waals surface area contributed by atoms with Crippen molar-refractivity contribution in [3.8, 4) is 0 Å². The van der Waals surface area contributed by atoms with Crippen molar-refractivity contribution in [2.45, 2.75) is 25.4 Å². The number of aromatic nitrogens is 2. The van der Waals surface area contributed by atoms with E-state index >= 15 is 0 Å². The second kappa shape index (κ2) is 3.87. The molecule has 17 heavy (non-hydrogen) atoms. The monoisotopic (exact) mass is 230 g/mol. The maximum Gasteiger partial charge on any atom is 0.244 e. The second-order valence-electron chi connectivity index (χ2n) is 4.67. The zero-order chi connectivity index (χ0) is 11.8. The predicted molar refractivity (Wildman–Crippen MR) is 64.3 cm³/mol. The predicted octanol–water partition coefficient (Wildman–Crippen LogP) is 0.744. The summed E-state index contributed by atoms with van der Waals surface area (Å²) in [6.07, 6.45) is 3.69. The van der Waals surface area contributed by atoms with Crippen LogP contribution in [0.5, 0.6) is 0 Å². The average Bonchev–Trinajstić information content (AvgIpc) is 2.86. The first-order valence-electron chi connectivity index (χ1n) is 5.97. The number of nitrogens with zero attached hydrogens (tertiary/aromatic N) is 2. The van der Waals surface area contributed by atoms with E-state index in [0.29, 0.717) is 6.42 Å². The van der Waals surface area contributed by atoms with Crippen molar-refractivity contribution in [1.29, 1.82) is 0 Å². The molecular formula is C13H16N3O+. The number of rotatable bonds is 2. The average molecular weight is 230 g/mol. The minimum absolute atomic E-state index is 0.177. The van der Waals surface area contributed by atoms with Crippen LogP contribution in [0.25, 0.3) is 11.0 Å². The lowest BCUT2D eigenvalue weighted by atomic mass is 10.2. The van der Waals surface area contributed by atoms with Gasteiger partial charge in [-0.1, -0.05) is 12.1 Å². The molecule has 1 saturated heterocycles. The third-order valence-corrected chi connectivity index (χ3v) is 3.39. The van der Waals surface area contributed by atoms with Crippen LogP contribution in [0.1, 0.15) is 12.8 Å². The zero-order valence-corrected chi connectivity index (χ0v) is 9.89. The van der Waals surface area contributed by atoms with E-state index in [1.807, 2.05) is 19.2 Å². The summed E-state index contributed by atoms with van der Waals surface area (Å²) in [6.45, 7) is 0.854. The third kappa shape index (κ3) is 1.79. The van der Waals surface area contributed by atoms with E-state index in [-0.39, 0.29) is 11.9 Å². The molecule has 0 bridgehead atoms. The summed E-state index contributed by atoms with van der Waals surface area (Å²) in [6, 6.07) is 8.60. The molecule has 1 aliphatic rings. The van der Waals surface area contributed by atoms with Crippen LogP contribution in [0.3, 0.4) is 0 Å². The number of hydrogen-bond acceptors (Lipinski definition) is 1. The summed E-state index contributed by atoms with van der Waals surface area (Å²) in [4.78, 5) is 11.2. The summed E-state index contributed by atoms with van der Waals surface area (Å²) in [5.41, 5.74) is 2.44. The molecule has 1 atom stereocenters. The summed E-state index contributed by atoms with van der Waals surface area (Å²) in [5.74, 6) is 0.177. The smallest absolute Gasteiger partial charge is 0.244 e. The van der Waals surface area contributed by atoms with Gasteiger partial charge in [0.05, 0.1) is 13.1 Å². The molecule has 0 saturated carbocycles. The van der Waals surface area contributed by atoms with Crippen molar-refractivity contribution in [3.63, 3.8) is 0 Å². The molecule has 1 amide bonds. The number of para-hydroxylation sites is 2. The lowest BCUT2D eigenvalue weighted by Gasteiger charge is -2.06. The number of fused-ring (bicyclic) bond motifs is 1. The van der Waals surface area contributed by atoms with E-state index in [9.17, 15) is 4.79 Å². The SMILES string of the molecule is C[n+]1cn(C[C@@H]2CCC(=O)N2)c2ccccc21. The number of benzene rings is 1. The Bertz CT molecular complexity index is 573. The van der Waals surface area contributed by atoms with Crippen LogP contribution in [-0.4, -0.2) is 16.5 Å². The van der Waals surface area contributed by atoms with Gasteiger partial charge in [-0.25, -0.2) is 9.13 Å². The van der Waals surface area contributed by atoms with Crippen molar-refractivity contribution in [1.82, 2.24) is 9.88 Å². The maximum absolute atomic E-state index is 11.2. The van der Waals surface area contributed by atoms with E-state index in [4.69, 9.17) is 0 Å². The van der Waals surface area contributed by atoms with Gasteiger partial charge < -0.3 is 5.32 Å². The molecule has 1 aliphatic heterocycles. The third-order valence-electron chi connectivity index (χ3n) is 3.39. The number of imidazole rings is 1. The van der Waals surface area contributed by atoms with E-state index < -0.39 is 0 Å². The molecule has 2 heterocycles. The first kappa shape index (κ1) is 10.3. The summed E-state index contributed by atoms with van der Waals surface area (Å²) in [7, 11) is 2.05. The number of hydrogen-bond donors (Lipinski definition) is 1. The highest BCUT2D eigenvalue weighted by Crippen LogP contribution is 2.14. The van der Waals surface area contributed by atoms with Gasteiger partial charge in [-0.3, -0.25) is 4.79 Å². The number of carbonyl (C=O) groups excluding carboxylic acids is 1. The fourth-order valence-corrected chi connectivity index (χ4v) is 2.54. The number of carbonyl (C=O) groups is 1. The fraction of sp³-hybridized carbons (Fsp3) is 0.385. The van der Waals surface area contributed by atoms with E-state index in [1.165, 1.54) is 11.0 Å². The van der Waals surface area contributed by atoms with Gasteiger partial charge in [0.15, 0.2) is 11.0 Å². The molecule has 1 aromatic carbocycles. The molecular weight excluding hydrogens is 214 g/mol. The van der Waals surface area contributed by atoms with Crippen molar-refractivity contribution < 1.29 is 9.36 Å². The van der Waals surface area contributed by atoms with Crippen LogP contribution < -0.4 is 9.88 Å². The van der Waals surface area contributed by atoms with Gasteiger partial charge in [0, 0.05) is 6.42 Å². The molecule has 3 rings (SSSR count). The second-order valence-corrected chi connectivity index (χ2v) is 4.67. The normalized spacial score (nSPS) is 19.8. The molecule has 1 aromatic heterocycles. The van der Waals surface area contributed by atoms with Gasteiger partial charge in [0.25, 0.3) is 0 Å². The Morgan fingerprint density at radius 3 is 3.06 bits per heavy atom. The molecule has 4 nitrogen and oxygen atoms in total. The first-order valence-corrected chi connectivity index (χ1v) is 5.97. The standard InChI is InChI=1S/C13H15N3O/c1-15-9-16(8-10-6-7-13(17)14-10)12-5-3-2-4-11(12)15/h2-5,9-10H,6-8H2,1H3/p+1/t10-/m0/s1. The highest BCUT2D eigenvalue weighted by Gasteiger charge is 2.24. The molecule has 1 fully saturated rings. The Balaban J connectivity index is 1.92. The number of nitrogens with one attached hydrogen (secondary N) is 1. The molecule has 0 aliphatic carbocycles. The Kier molecular flexibility index (Phi) is 2.35. The first-order chi connectivity index (χ1) is 8.24. The van der Waals surface area contributed by atoms with Gasteiger partial charge in [0.2, 0.25) is 12.2 Å². The van der Waals surface area contributed by atoms with Gasteiger partial charge in [-0.05, 0) is 18.6 Å².